The van der Waals surface area contributed by atoms with Crippen LogP contribution in [0.4, 0.5) is 5.69 Å². The first kappa shape index (κ1) is 20.3. The molecule has 8 heteroatoms. The summed E-state index contributed by atoms with van der Waals surface area (Å²) in [5.74, 6) is -0.510. The lowest BCUT2D eigenvalue weighted by Crippen LogP contribution is -2.61. The summed E-state index contributed by atoms with van der Waals surface area (Å²) in [6.45, 7) is 2.89. The maximum absolute atomic E-state index is 13.1. The number of fused-ring (bicyclic) bond motifs is 1. The first-order chi connectivity index (χ1) is 14.1. The van der Waals surface area contributed by atoms with Crippen LogP contribution in [0.25, 0.3) is 0 Å². The maximum atomic E-state index is 13.1. The molecule has 3 N–H and O–H groups in total. The molecule has 0 saturated carbocycles. The van der Waals surface area contributed by atoms with Gasteiger partial charge in [0.2, 0.25) is 5.91 Å². The van der Waals surface area contributed by atoms with Crippen molar-refractivity contribution in [3.8, 4) is 0 Å². The van der Waals surface area contributed by atoms with Gasteiger partial charge in [0.25, 0.3) is 0 Å². The molecule has 0 radical (unpaired) electrons. The highest BCUT2D eigenvalue weighted by Gasteiger charge is 2.34. The van der Waals surface area contributed by atoms with Gasteiger partial charge in [0.15, 0.2) is 0 Å². The predicted octanol–water partition coefficient (Wildman–Crippen LogP) is 1.08. The fourth-order valence-corrected chi connectivity index (χ4v) is 4.64. The number of aryl methyl sites for hydroxylation is 2. The molecule has 8 nitrogen and oxygen atoms in total. The molecule has 2 heterocycles. The van der Waals surface area contributed by atoms with E-state index in [4.69, 9.17) is 4.74 Å². The highest BCUT2D eigenvalue weighted by atomic mass is 16.5. The molecule has 4 rings (SSSR count). The third-order valence-electron chi connectivity index (χ3n) is 6.31. The molecular formula is C21H31N5O3. The topological polar surface area (TPSA) is 85.9 Å². The van der Waals surface area contributed by atoms with E-state index in [1.165, 1.54) is 18.2 Å². The number of ether oxygens (including phenoxy) is 1. The third kappa shape index (κ3) is 4.30. The molecular weight excluding hydrogens is 370 g/mol. The van der Waals surface area contributed by atoms with Crippen molar-refractivity contribution in [3.05, 3.63) is 28.8 Å². The maximum Gasteiger partial charge on any atom is 0.339 e. The number of benzene rings is 1. The Morgan fingerprint density at radius 3 is 2.59 bits per heavy atom. The highest BCUT2D eigenvalue weighted by molar-refractivity contribution is 6.03. The van der Waals surface area contributed by atoms with E-state index in [0.29, 0.717) is 11.3 Å². The fraction of sp³-hybridized carbons (Fsp3) is 0.619. The molecule has 2 aliphatic heterocycles. The van der Waals surface area contributed by atoms with Crippen molar-refractivity contribution in [1.29, 1.82) is 0 Å². The average molecular weight is 402 g/mol. The number of nitrogens with one attached hydrogen (secondary N) is 3. The van der Waals surface area contributed by atoms with Gasteiger partial charge in [0.05, 0.1) is 24.5 Å². The van der Waals surface area contributed by atoms with Gasteiger partial charge in [-0.2, -0.15) is 0 Å². The number of esters is 1. The van der Waals surface area contributed by atoms with E-state index in [1.807, 2.05) is 24.2 Å². The second-order valence-electron chi connectivity index (χ2n) is 8.17. The summed E-state index contributed by atoms with van der Waals surface area (Å²) in [6, 6.07) is 3.58. The monoisotopic (exact) mass is 401 g/mol. The van der Waals surface area contributed by atoms with Crippen LogP contribution >= 0.6 is 0 Å². The Morgan fingerprint density at radius 2 is 1.93 bits per heavy atom. The van der Waals surface area contributed by atoms with Crippen LogP contribution in [-0.2, 0) is 22.4 Å². The van der Waals surface area contributed by atoms with E-state index >= 15 is 0 Å². The molecule has 2 fully saturated rings. The molecule has 0 bridgehead atoms. The largest absolute Gasteiger partial charge is 0.465 e. The number of hydrogen-bond acceptors (Lipinski definition) is 7. The van der Waals surface area contributed by atoms with Gasteiger partial charge >= 0.3 is 5.97 Å². The van der Waals surface area contributed by atoms with Crippen molar-refractivity contribution in [1.82, 2.24) is 20.7 Å². The van der Waals surface area contributed by atoms with E-state index in [0.717, 1.165) is 58.3 Å². The molecule has 2 saturated heterocycles. The number of rotatable bonds is 4. The van der Waals surface area contributed by atoms with Crippen LogP contribution in [0.5, 0.6) is 0 Å². The molecule has 1 aromatic rings. The Hall–Kier alpha value is -2.00. The van der Waals surface area contributed by atoms with Gasteiger partial charge in [-0.3, -0.25) is 9.69 Å². The number of hydrogen-bond donors (Lipinski definition) is 3. The lowest BCUT2D eigenvalue weighted by atomic mass is 9.89. The van der Waals surface area contributed by atoms with Crippen molar-refractivity contribution in [2.75, 3.05) is 39.2 Å². The van der Waals surface area contributed by atoms with E-state index in [9.17, 15) is 9.59 Å². The van der Waals surface area contributed by atoms with Gasteiger partial charge in [0, 0.05) is 26.8 Å². The van der Waals surface area contributed by atoms with Crippen LogP contribution in [-0.4, -0.2) is 67.9 Å². The van der Waals surface area contributed by atoms with Crippen LogP contribution in [0, 0.1) is 0 Å². The molecule has 2 unspecified atom stereocenters. The Kier molecular flexibility index (Phi) is 6.15. The molecule has 3 aliphatic rings. The van der Waals surface area contributed by atoms with Gasteiger partial charge in [-0.25, -0.2) is 15.2 Å². The third-order valence-corrected chi connectivity index (χ3v) is 6.31. The summed E-state index contributed by atoms with van der Waals surface area (Å²) in [5.41, 5.74) is 6.84. The van der Waals surface area contributed by atoms with E-state index in [-0.39, 0.29) is 18.1 Å². The summed E-state index contributed by atoms with van der Waals surface area (Å²) in [6.07, 6.45) is 6.12. The second kappa shape index (κ2) is 8.79. The molecule has 1 aromatic carbocycles. The van der Waals surface area contributed by atoms with Crippen molar-refractivity contribution in [2.24, 2.45) is 0 Å². The van der Waals surface area contributed by atoms with Crippen molar-refractivity contribution < 1.29 is 14.3 Å². The number of carbonyl (C=O) groups excluding carboxylic acids is 2. The summed E-state index contributed by atoms with van der Waals surface area (Å²) >= 11 is 0. The van der Waals surface area contributed by atoms with Crippen LogP contribution in [0.15, 0.2) is 12.1 Å². The van der Waals surface area contributed by atoms with Gasteiger partial charge in [-0.05, 0) is 61.8 Å². The minimum absolute atomic E-state index is 0.0982. The minimum Gasteiger partial charge on any atom is -0.465 e. The second-order valence-corrected chi connectivity index (χ2v) is 8.17. The minimum atomic E-state index is -0.412. The molecule has 29 heavy (non-hydrogen) atoms. The smallest absolute Gasteiger partial charge is 0.339 e. The van der Waals surface area contributed by atoms with Crippen LogP contribution in [0.1, 0.15) is 47.2 Å². The molecule has 0 aromatic heterocycles. The van der Waals surface area contributed by atoms with Gasteiger partial charge in [-0.15, -0.1) is 0 Å². The lowest BCUT2D eigenvalue weighted by Gasteiger charge is -2.40. The number of nitrogens with zero attached hydrogens (tertiary/aromatic N) is 2. The van der Waals surface area contributed by atoms with E-state index in [2.05, 4.69) is 21.0 Å². The van der Waals surface area contributed by atoms with Crippen LogP contribution in [0.3, 0.4) is 0 Å². The van der Waals surface area contributed by atoms with E-state index in [1.54, 1.807) is 0 Å². The molecule has 158 valence electrons. The SMILES string of the molecule is COC(=O)c1cc2c(cc1NC(=O)C1CCC(N3CCNC3)NN1C)CCCC2. The van der Waals surface area contributed by atoms with Crippen LogP contribution in [0.2, 0.25) is 0 Å². The number of carbonyl (C=O) groups is 2. The van der Waals surface area contributed by atoms with E-state index < -0.39 is 5.97 Å². The summed E-state index contributed by atoms with van der Waals surface area (Å²) < 4.78 is 4.96. The first-order valence-corrected chi connectivity index (χ1v) is 10.6. The fourth-order valence-electron chi connectivity index (χ4n) is 4.64. The Labute approximate surface area is 171 Å². The number of anilines is 1. The van der Waals surface area contributed by atoms with Crippen molar-refractivity contribution in [2.45, 2.75) is 50.7 Å². The Balaban J connectivity index is 1.48. The summed E-state index contributed by atoms with van der Waals surface area (Å²) in [7, 11) is 3.29. The van der Waals surface area contributed by atoms with Crippen molar-refractivity contribution >= 4 is 17.6 Å². The number of amides is 1. The molecule has 0 spiro atoms. The zero-order valence-corrected chi connectivity index (χ0v) is 17.3. The van der Waals surface area contributed by atoms with Crippen molar-refractivity contribution in [3.63, 3.8) is 0 Å². The number of hydrazine groups is 1. The number of methoxy groups -OCH3 is 1. The zero-order valence-electron chi connectivity index (χ0n) is 17.3. The highest BCUT2D eigenvalue weighted by Crippen LogP contribution is 2.29. The number of likely N-dealkylation sites (N-methyl/N-ethyl adjacent to an activating group) is 1. The molecule has 1 aliphatic carbocycles. The van der Waals surface area contributed by atoms with Gasteiger partial charge in [0.1, 0.15) is 6.04 Å². The standard InChI is InChI=1S/C21H31N5O3/c1-25-18(7-8-19(24-25)26-10-9-22-13-26)20(27)23-17-12-15-6-4-3-5-14(15)11-16(17)21(28)29-2/h11-12,18-19,22,24H,3-10,13H2,1-2H3,(H,23,27). The van der Waals surface area contributed by atoms with Gasteiger partial charge in [-0.1, -0.05) is 0 Å². The predicted molar refractivity (Wildman–Crippen MR) is 110 cm³/mol. The Bertz CT molecular complexity index is 778. The molecule has 1 amide bonds. The molecule has 2 atom stereocenters. The summed E-state index contributed by atoms with van der Waals surface area (Å²) in [5, 5.41) is 8.26. The Morgan fingerprint density at radius 1 is 1.17 bits per heavy atom. The van der Waals surface area contributed by atoms with Crippen LogP contribution < -0.4 is 16.1 Å². The summed E-state index contributed by atoms with van der Waals surface area (Å²) in [4.78, 5) is 27.7. The lowest BCUT2D eigenvalue weighted by molar-refractivity contribution is -0.125. The average Bonchev–Trinajstić information content (AvgIpc) is 3.27. The quantitative estimate of drug-likeness (QED) is 0.651. The van der Waals surface area contributed by atoms with Gasteiger partial charge < -0.3 is 15.4 Å². The normalized spacial score (nSPS) is 25.4. The zero-order chi connectivity index (χ0) is 20.4. The first-order valence-electron chi connectivity index (χ1n) is 10.6.